The van der Waals surface area contributed by atoms with Crippen molar-refractivity contribution in [2.75, 3.05) is 32.8 Å². The molecule has 3 nitrogen and oxygen atoms in total. The Balaban J connectivity index is 2.69. The van der Waals surface area contributed by atoms with E-state index in [-0.39, 0.29) is 5.54 Å². The van der Waals surface area contributed by atoms with Crippen LogP contribution in [0.25, 0.3) is 0 Å². The number of nitrogens with zero attached hydrogens (tertiary/aromatic N) is 1. The Hall–Kier alpha value is -0.120. The van der Waals surface area contributed by atoms with E-state index in [1.54, 1.807) is 0 Å². The predicted molar refractivity (Wildman–Crippen MR) is 59.4 cm³/mol. The Kier molecular flexibility index (Phi) is 4.85. The SMILES string of the molecule is CCN(CC)C1(CN)CCCOCC1. The van der Waals surface area contributed by atoms with Crippen LogP contribution in [0, 0.1) is 0 Å². The lowest BCUT2D eigenvalue weighted by Crippen LogP contribution is -2.54. The van der Waals surface area contributed by atoms with Gasteiger partial charge in [0.25, 0.3) is 0 Å². The summed E-state index contributed by atoms with van der Waals surface area (Å²) in [5.41, 5.74) is 6.17. The summed E-state index contributed by atoms with van der Waals surface area (Å²) in [6.45, 7) is 9.15. The Morgan fingerprint density at radius 2 is 1.93 bits per heavy atom. The minimum Gasteiger partial charge on any atom is -0.381 e. The van der Waals surface area contributed by atoms with Crippen molar-refractivity contribution in [2.45, 2.75) is 38.6 Å². The monoisotopic (exact) mass is 200 g/mol. The van der Waals surface area contributed by atoms with Crippen LogP contribution in [-0.4, -0.2) is 43.3 Å². The van der Waals surface area contributed by atoms with Gasteiger partial charge in [-0.05, 0) is 32.4 Å². The summed E-state index contributed by atoms with van der Waals surface area (Å²) in [6, 6.07) is 0. The van der Waals surface area contributed by atoms with Crippen LogP contribution in [0.2, 0.25) is 0 Å². The molecule has 0 spiro atoms. The molecular weight excluding hydrogens is 176 g/mol. The van der Waals surface area contributed by atoms with Crippen molar-refractivity contribution < 1.29 is 4.74 Å². The van der Waals surface area contributed by atoms with E-state index in [2.05, 4.69) is 18.7 Å². The molecule has 1 heterocycles. The molecule has 0 radical (unpaired) electrons. The molecule has 0 aromatic carbocycles. The molecule has 2 N–H and O–H groups in total. The molecule has 1 saturated heterocycles. The van der Waals surface area contributed by atoms with Crippen molar-refractivity contribution in [1.29, 1.82) is 0 Å². The fourth-order valence-corrected chi connectivity index (χ4v) is 2.54. The number of ether oxygens (including phenoxy) is 1. The summed E-state index contributed by atoms with van der Waals surface area (Å²) in [5, 5.41) is 0. The first-order valence-electron chi connectivity index (χ1n) is 5.82. The van der Waals surface area contributed by atoms with Gasteiger partial charge in [0, 0.05) is 25.3 Å². The molecule has 1 fully saturated rings. The second-order valence-electron chi connectivity index (χ2n) is 4.07. The molecule has 1 unspecified atom stereocenters. The van der Waals surface area contributed by atoms with Gasteiger partial charge in [-0.3, -0.25) is 4.90 Å². The van der Waals surface area contributed by atoms with Gasteiger partial charge in [0.15, 0.2) is 0 Å². The van der Waals surface area contributed by atoms with E-state index >= 15 is 0 Å². The fourth-order valence-electron chi connectivity index (χ4n) is 2.54. The zero-order chi connectivity index (χ0) is 10.4. The maximum absolute atomic E-state index is 5.96. The van der Waals surface area contributed by atoms with Gasteiger partial charge in [0.2, 0.25) is 0 Å². The maximum atomic E-state index is 5.96. The predicted octanol–water partition coefficient (Wildman–Crippen LogP) is 1.23. The number of hydrogen-bond acceptors (Lipinski definition) is 3. The zero-order valence-corrected chi connectivity index (χ0v) is 9.59. The van der Waals surface area contributed by atoms with Gasteiger partial charge >= 0.3 is 0 Å². The third-order valence-corrected chi connectivity index (χ3v) is 3.46. The lowest BCUT2D eigenvalue weighted by Gasteiger charge is -2.41. The van der Waals surface area contributed by atoms with Crippen molar-refractivity contribution >= 4 is 0 Å². The molecular formula is C11H24N2O. The zero-order valence-electron chi connectivity index (χ0n) is 9.59. The molecule has 0 aliphatic carbocycles. The normalized spacial score (nSPS) is 29.1. The number of likely N-dealkylation sites (N-methyl/N-ethyl adjacent to an activating group) is 1. The van der Waals surface area contributed by atoms with Crippen molar-refractivity contribution in [3.63, 3.8) is 0 Å². The largest absolute Gasteiger partial charge is 0.381 e. The van der Waals surface area contributed by atoms with Crippen LogP contribution in [0.3, 0.4) is 0 Å². The number of hydrogen-bond donors (Lipinski definition) is 1. The summed E-state index contributed by atoms with van der Waals surface area (Å²) in [6.07, 6.45) is 3.42. The lowest BCUT2D eigenvalue weighted by atomic mass is 9.88. The van der Waals surface area contributed by atoms with Gasteiger partial charge in [-0.2, -0.15) is 0 Å². The third-order valence-electron chi connectivity index (χ3n) is 3.46. The molecule has 0 amide bonds. The molecule has 0 bridgehead atoms. The van der Waals surface area contributed by atoms with Crippen LogP contribution in [0.1, 0.15) is 33.1 Å². The molecule has 0 aromatic rings. The Bertz CT molecular complexity index is 149. The summed E-state index contributed by atoms with van der Waals surface area (Å²) >= 11 is 0. The first-order chi connectivity index (χ1) is 6.79. The maximum Gasteiger partial charge on any atom is 0.0484 e. The molecule has 84 valence electrons. The van der Waals surface area contributed by atoms with Crippen LogP contribution >= 0.6 is 0 Å². The standard InChI is InChI=1S/C11H24N2O/c1-3-13(4-2)11(10-12)6-5-8-14-9-7-11/h3-10,12H2,1-2H3. The van der Waals surface area contributed by atoms with Crippen molar-refractivity contribution in [3.05, 3.63) is 0 Å². The van der Waals surface area contributed by atoms with E-state index in [1.165, 1.54) is 6.42 Å². The average Bonchev–Trinajstić information content (AvgIpc) is 2.46. The van der Waals surface area contributed by atoms with Crippen molar-refractivity contribution in [3.8, 4) is 0 Å². The summed E-state index contributed by atoms with van der Waals surface area (Å²) in [4.78, 5) is 2.50. The minimum atomic E-state index is 0.208. The first kappa shape index (κ1) is 12.0. The van der Waals surface area contributed by atoms with E-state index in [0.29, 0.717) is 0 Å². The van der Waals surface area contributed by atoms with Gasteiger partial charge in [-0.1, -0.05) is 13.8 Å². The highest BCUT2D eigenvalue weighted by atomic mass is 16.5. The van der Waals surface area contributed by atoms with Gasteiger partial charge in [-0.15, -0.1) is 0 Å². The number of rotatable bonds is 4. The highest BCUT2D eigenvalue weighted by Gasteiger charge is 2.34. The minimum absolute atomic E-state index is 0.208. The van der Waals surface area contributed by atoms with Crippen molar-refractivity contribution in [1.82, 2.24) is 4.90 Å². The smallest absolute Gasteiger partial charge is 0.0484 e. The van der Waals surface area contributed by atoms with Crippen LogP contribution in [0.5, 0.6) is 0 Å². The fraction of sp³-hybridized carbons (Fsp3) is 1.00. The van der Waals surface area contributed by atoms with Crippen LogP contribution < -0.4 is 5.73 Å². The van der Waals surface area contributed by atoms with E-state index in [0.717, 1.165) is 45.7 Å². The lowest BCUT2D eigenvalue weighted by molar-refractivity contribution is 0.0761. The van der Waals surface area contributed by atoms with Gasteiger partial charge in [0.05, 0.1) is 0 Å². The van der Waals surface area contributed by atoms with E-state index in [4.69, 9.17) is 10.5 Å². The Morgan fingerprint density at radius 3 is 2.50 bits per heavy atom. The molecule has 14 heavy (non-hydrogen) atoms. The molecule has 0 aromatic heterocycles. The summed E-state index contributed by atoms with van der Waals surface area (Å²) < 4.78 is 5.51. The molecule has 0 saturated carbocycles. The topological polar surface area (TPSA) is 38.5 Å². The van der Waals surface area contributed by atoms with Gasteiger partial charge in [-0.25, -0.2) is 0 Å². The summed E-state index contributed by atoms with van der Waals surface area (Å²) in [7, 11) is 0. The van der Waals surface area contributed by atoms with Crippen molar-refractivity contribution in [2.24, 2.45) is 5.73 Å². The van der Waals surface area contributed by atoms with Crippen LogP contribution in [0.15, 0.2) is 0 Å². The number of nitrogens with two attached hydrogens (primary N) is 1. The molecule has 1 aliphatic rings. The second kappa shape index (κ2) is 5.69. The van der Waals surface area contributed by atoms with Gasteiger partial charge in [0.1, 0.15) is 0 Å². The quantitative estimate of drug-likeness (QED) is 0.741. The van der Waals surface area contributed by atoms with Gasteiger partial charge < -0.3 is 10.5 Å². The average molecular weight is 200 g/mol. The highest BCUT2D eigenvalue weighted by Crippen LogP contribution is 2.26. The Labute approximate surface area is 87.6 Å². The molecule has 1 atom stereocenters. The highest BCUT2D eigenvalue weighted by molar-refractivity contribution is 4.92. The third kappa shape index (κ3) is 2.47. The molecule has 1 aliphatic heterocycles. The molecule has 1 rings (SSSR count). The second-order valence-corrected chi connectivity index (χ2v) is 4.07. The first-order valence-corrected chi connectivity index (χ1v) is 5.82. The van der Waals surface area contributed by atoms with E-state index in [1.807, 2.05) is 0 Å². The molecule has 3 heteroatoms. The Morgan fingerprint density at radius 1 is 1.21 bits per heavy atom. The summed E-state index contributed by atoms with van der Waals surface area (Å²) in [5.74, 6) is 0. The van der Waals surface area contributed by atoms with Crippen LogP contribution in [0.4, 0.5) is 0 Å². The van der Waals surface area contributed by atoms with E-state index in [9.17, 15) is 0 Å². The van der Waals surface area contributed by atoms with Crippen LogP contribution in [-0.2, 0) is 4.74 Å². The van der Waals surface area contributed by atoms with E-state index < -0.39 is 0 Å².